The maximum Gasteiger partial charge on any atom is 0.0641 e. The lowest BCUT2D eigenvalue weighted by Crippen LogP contribution is -2.23. The van der Waals surface area contributed by atoms with Gasteiger partial charge < -0.3 is 9.64 Å². The van der Waals surface area contributed by atoms with Gasteiger partial charge in [-0.25, -0.2) is 0 Å². The van der Waals surface area contributed by atoms with Crippen LogP contribution in [0.25, 0.3) is 0 Å². The molecule has 0 N–H and O–H groups in total. The molecule has 0 unspecified atom stereocenters. The molecule has 3 heteroatoms. The first-order chi connectivity index (χ1) is 7.65. The van der Waals surface area contributed by atoms with Gasteiger partial charge in [-0.15, -0.1) is 0 Å². The van der Waals surface area contributed by atoms with Crippen LogP contribution in [0.3, 0.4) is 0 Å². The van der Waals surface area contributed by atoms with Crippen LogP contribution in [0.5, 0.6) is 0 Å². The molecule has 0 saturated heterocycles. The van der Waals surface area contributed by atoms with Crippen molar-refractivity contribution in [1.82, 2.24) is 0 Å². The van der Waals surface area contributed by atoms with Crippen molar-refractivity contribution in [2.75, 3.05) is 37.5 Å². The van der Waals surface area contributed by atoms with Gasteiger partial charge in [-0.1, -0.05) is 17.7 Å². The van der Waals surface area contributed by atoms with Gasteiger partial charge in [-0.05, 0) is 25.5 Å². The molecule has 0 atom stereocenters. The van der Waals surface area contributed by atoms with Gasteiger partial charge in [-0.3, -0.25) is 0 Å². The van der Waals surface area contributed by atoms with Gasteiger partial charge in [0.05, 0.1) is 13.2 Å². The van der Waals surface area contributed by atoms with Crippen LogP contribution in [0.2, 0.25) is 0 Å². The fourth-order valence-electron chi connectivity index (χ4n) is 1.72. The Morgan fingerprint density at radius 3 is 2.62 bits per heavy atom. The van der Waals surface area contributed by atoms with Crippen molar-refractivity contribution in [2.24, 2.45) is 0 Å². The van der Waals surface area contributed by atoms with Gasteiger partial charge >= 0.3 is 0 Å². The van der Waals surface area contributed by atoms with Crippen molar-refractivity contribution in [2.45, 2.75) is 13.8 Å². The normalized spacial score (nSPS) is 10.5. The van der Waals surface area contributed by atoms with E-state index in [2.05, 4.69) is 56.6 Å². The smallest absolute Gasteiger partial charge is 0.0641 e. The number of hydrogen-bond acceptors (Lipinski definition) is 3. The zero-order valence-electron chi connectivity index (χ0n) is 10.4. The Bertz CT molecular complexity index is 328. The van der Waals surface area contributed by atoms with Crippen LogP contribution < -0.4 is 4.90 Å². The SMILES string of the molecule is Cc1ccc(N(C)CCOCCS)c(C)c1. The first-order valence-corrected chi connectivity index (χ1v) is 6.25. The third-order valence-corrected chi connectivity index (χ3v) is 2.75. The summed E-state index contributed by atoms with van der Waals surface area (Å²) in [6.07, 6.45) is 0. The van der Waals surface area contributed by atoms with E-state index < -0.39 is 0 Å². The molecule has 0 aliphatic carbocycles. The summed E-state index contributed by atoms with van der Waals surface area (Å²) in [4.78, 5) is 2.23. The molecule has 0 fully saturated rings. The lowest BCUT2D eigenvalue weighted by atomic mass is 10.1. The summed E-state index contributed by atoms with van der Waals surface area (Å²) in [6, 6.07) is 6.52. The Balaban J connectivity index is 2.49. The second kappa shape index (κ2) is 6.81. The highest BCUT2D eigenvalue weighted by Crippen LogP contribution is 2.19. The third kappa shape index (κ3) is 4.06. The molecule has 1 rings (SSSR count). The third-order valence-electron chi connectivity index (χ3n) is 2.57. The van der Waals surface area contributed by atoms with Crippen LogP contribution in [0, 0.1) is 13.8 Å². The predicted molar refractivity (Wildman–Crippen MR) is 73.9 cm³/mol. The minimum atomic E-state index is 0.726. The topological polar surface area (TPSA) is 12.5 Å². The number of ether oxygens (including phenoxy) is 1. The van der Waals surface area contributed by atoms with Gasteiger partial charge in [0.25, 0.3) is 0 Å². The summed E-state index contributed by atoms with van der Waals surface area (Å²) in [6.45, 7) is 6.66. The second-order valence-corrected chi connectivity index (χ2v) is 4.49. The molecule has 16 heavy (non-hydrogen) atoms. The number of aryl methyl sites for hydroxylation is 2. The first kappa shape index (κ1) is 13.4. The number of likely N-dealkylation sites (N-methyl/N-ethyl adjacent to an activating group) is 1. The Kier molecular flexibility index (Phi) is 5.71. The number of hydrogen-bond donors (Lipinski definition) is 1. The van der Waals surface area contributed by atoms with E-state index in [9.17, 15) is 0 Å². The largest absolute Gasteiger partial charge is 0.379 e. The first-order valence-electron chi connectivity index (χ1n) is 5.62. The highest BCUT2D eigenvalue weighted by molar-refractivity contribution is 7.80. The van der Waals surface area contributed by atoms with Crippen molar-refractivity contribution in [1.29, 1.82) is 0 Å². The quantitative estimate of drug-likeness (QED) is 0.605. The number of anilines is 1. The Morgan fingerprint density at radius 2 is 2.00 bits per heavy atom. The van der Waals surface area contributed by atoms with Crippen LogP contribution >= 0.6 is 12.6 Å². The lowest BCUT2D eigenvalue weighted by Gasteiger charge is -2.21. The summed E-state index contributed by atoms with van der Waals surface area (Å²) in [5, 5.41) is 0. The van der Waals surface area contributed by atoms with Crippen LogP contribution in [0.4, 0.5) is 5.69 Å². The lowest BCUT2D eigenvalue weighted by molar-refractivity contribution is 0.157. The average molecular weight is 239 g/mol. The van der Waals surface area contributed by atoms with Crippen molar-refractivity contribution < 1.29 is 4.74 Å². The van der Waals surface area contributed by atoms with E-state index in [1.54, 1.807) is 0 Å². The fraction of sp³-hybridized carbons (Fsp3) is 0.538. The average Bonchev–Trinajstić information content (AvgIpc) is 2.24. The summed E-state index contributed by atoms with van der Waals surface area (Å²) < 4.78 is 5.42. The van der Waals surface area contributed by atoms with Crippen LogP contribution in [0.15, 0.2) is 18.2 Å². The molecular formula is C13H21NOS. The molecule has 0 saturated carbocycles. The molecule has 90 valence electrons. The molecule has 0 aliphatic rings. The summed E-state index contributed by atoms with van der Waals surface area (Å²) in [5.41, 5.74) is 3.90. The second-order valence-electron chi connectivity index (χ2n) is 4.05. The van der Waals surface area contributed by atoms with E-state index in [-0.39, 0.29) is 0 Å². The molecule has 0 amide bonds. The molecule has 0 spiro atoms. The monoisotopic (exact) mass is 239 g/mol. The number of benzene rings is 1. The van der Waals surface area contributed by atoms with Crippen molar-refractivity contribution in [3.63, 3.8) is 0 Å². The van der Waals surface area contributed by atoms with Gasteiger partial charge in [0, 0.05) is 25.0 Å². The Labute approximate surface area is 104 Å². The maximum absolute atomic E-state index is 5.42. The van der Waals surface area contributed by atoms with Gasteiger partial charge in [-0.2, -0.15) is 12.6 Å². The highest BCUT2D eigenvalue weighted by atomic mass is 32.1. The van der Waals surface area contributed by atoms with E-state index >= 15 is 0 Å². The maximum atomic E-state index is 5.42. The molecule has 0 aliphatic heterocycles. The Morgan fingerprint density at radius 1 is 1.25 bits per heavy atom. The van der Waals surface area contributed by atoms with E-state index in [0.717, 1.165) is 25.5 Å². The van der Waals surface area contributed by atoms with Crippen molar-refractivity contribution in [3.05, 3.63) is 29.3 Å². The minimum Gasteiger partial charge on any atom is -0.379 e. The van der Waals surface area contributed by atoms with Crippen LogP contribution in [-0.4, -0.2) is 32.6 Å². The van der Waals surface area contributed by atoms with Gasteiger partial charge in [0.2, 0.25) is 0 Å². The van der Waals surface area contributed by atoms with Gasteiger partial charge in [0.15, 0.2) is 0 Å². The minimum absolute atomic E-state index is 0.726. The number of nitrogens with zero attached hydrogens (tertiary/aromatic N) is 1. The number of rotatable bonds is 6. The molecule has 1 aromatic rings. The van der Waals surface area contributed by atoms with E-state index in [0.29, 0.717) is 0 Å². The Hall–Kier alpha value is -0.670. The summed E-state index contributed by atoms with van der Waals surface area (Å²) in [5.74, 6) is 0.785. The predicted octanol–water partition coefficient (Wildman–Crippen LogP) is 2.69. The van der Waals surface area contributed by atoms with Crippen LogP contribution in [0.1, 0.15) is 11.1 Å². The zero-order chi connectivity index (χ0) is 12.0. The zero-order valence-corrected chi connectivity index (χ0v) is 11.3. The van der Waals surface area contributed by atoms with Crippen molar-refractivity contribution in [3.8, 4) is 0 Å². The number of thiol groups is 1. The van der Waals surface area contributed by atoms with E-state index in [1.807, 2.05) is 0 Å². The molecular weight excluding hydrogens is 218 g/mol. The van der Waals surface area contributed by atoms with Crippen LogP contribution in [-0.2, 0) is 4.74 Å². The summed E-state index contributed by atoms with van der Waals surface area (Å²) in [7, 11) is 2.10. The molecule has 0 bridgehead atoms. The molecule has 1 aromatic carbocycles. The van der Waals surface area contributed by atoms with Crippen molar-refractivity contribution >= 4 is 18.3 Å². The summed E-state index contributed by atoms with van der Waals surface area (Å²) >= 11 is 4.10. The molecule has 0 radical (unpaired) electrons. The molecule has 2 nitrogen and oxygen atoms in total. The van der Waals surface area contributed by atoms with Gasteiger partial charge in [0.1, 0.15) is 0 Å². The van der Waals surface area contributed by atoms with E-state index in [1.165, 1.54) is 16.8 Å². The standard InChI is InChI=1S/C13H21NOS/c1-11-4-5-13(12(2)10-11)14(3)6-7-15-8-9-16/h4-5,10,16H,6-9H2,1-3H3. The highest BCUT2D eigenvalue weighted by Gasteiger charge is 2.03. The molecule has 0 heterocycles. The molecule has 0 aromatic heterocycles. The fourth-order valence-corrected chi connectivity index (χ4v) is 1.85. The van der Waals surface area contributed by atoms with E-state index in [4.69, 9.17) is 4.74 Å².